The van der Waals surface area contributed by atoms with Gasteiger partial charge in [0.15, 0.2) is 12.4 Å². The first-order chi connectivity index (χ1) is 28.6. The second-order valence-corrected chi connectivity index (χ2v) is 18.1. The second-order valence-electron chi connectivity index (χ2n) is 18.1. The van der Waals surface area contributed by atoms with E-state index < -0.39 is 24.3 Å². The van der Waals surface area contributed by atoms with E-state index in [0.717, 1.165) is 44.9 Å². The van der Waals surface area contributed by atoms with Crippen LogP contribution < -0.4 is 5.11 Å². The van der Waals surface area contributed by atoms with Crippen LogP contribution in [-0.4, -0.2) is 82.3 Å². The molecule has 9 nitrogen and oxygen atoms in total. The number of likely N-dealkylation sites (N-methyl/N-ethyl adjacent to an activating group) is 1. The molecule has 59 heavy (non-hydrogen) atoms. The Morgan fingerprint density at radius 1 is 0.492 bits per heavy atom. The topological polar surface area (TPSA) is 111 Å². The number of nitrogens with zero attached hydrogens (tertiary/aromatic N) is 1. The number of carbonyl (C=O) groups excluding carboxylic acids is 3. The van der Waals surface area contributed by atoms with Gasteiger partial charge in [-0.25, -0.2) is 0 Å². The van der Waals surface area contributed by atoms with E-state index in [-0.39, 0.29) is 32.2 Å². The summed E-state index contributed by atoms with van der Waals surface area (Å²) in [5.74, 6) is -2.27. The molecular formula is C50H95NO8. The van der Waals surface area contributed by atoms with Crippen molar-refractivity contribution in [1.29, 1.82) is 0 Å². The number of unbranched alkanes of at least 4 members (excludes halogenated alkanes) is 29. The monoisotopic (exact) mass is 838 g/mol. The Morgan fingerprint density at radius 3 is 1.25 bits per heavy atom. The normalized spacial score (nSPS) is 12.9. The molecule has 0 aromatic carbocycles. The maximum Gasteiger partial charge on any atom is 0.306 e. The molecule has 0 radical (unpaired) electrons. The second kappa shape index (κ2) is 42.7. The van der Waals surface area contributed by atoms with Crippen LogP contribution in [0.4, 0.5) is 0 Å². The molecular weight excluding hydrogens is 743 g/mol. The number of aliphatic carboxylic acids is 1. The van der Waals surface area contributed by atoms with Gasteiger partial charge in [-0.3, -0.25) is 9.59 Å². The van der Waals surface area contributed by atoms with Crippen molar-refractivity contribution in [2.45, 2.75) is 245 Å². The van der Waals surface area contributed by atoms with Gasteiger partial charge in [0.05, 0.1) is 40.3 Å². The lowest BCUT2D eigenvalue weighted by molar-refractivity contribution is -0.870. The fourth-order valence-electron chi connectivity index (χ4n) is 7.12. The van der Waals surface area contributed by atoms with E-state index >= 15 is 0 Å². The Morgan fingerprint density at radius 2 is 0.864 bits per heavy atom. The molecule has 348 valence electrons. The molecule has 0 saturated heterocycles. The molecule has 0 amide bonds. The highest BCUT2D eigenvalue weighted by molar-refractivity contribution is 5.70. The van der Waals surface area contributed by atoms with Crippen LogP contribution in [0.3, 0.4) is 0 Å². The maximum atomic E-state index is 12.8. The number of rotatable bonds is 46. The van der Waals surface area contributed by atoms with E-state index in [2.05, 4.69) is 26.0 Å². The molecule has 2 unspecified atom stereocenters. The van der Waals surface area contributed by atoms with Gasteiger partial charge in [-0.15, -0.1) is 0 Å². The summed E-state index contributed by atoms with van der Waals surface area (Å²) in [5.41, 5.74) is 0. The highest BCUT2D eigenvalue weighted by Crippen LogP contribution is 2.16. The van der Waals surface area contributed by atoms with Gasteiger partial charge in [-0.05, 0) is 38.5 Å². The highest BCUT2D eigenvalue weighted by Gasteiger charge is 2.22. The van der Waals surface area contributed by atoms with Crippen LogP contribution in [0.5, 0.6) is 0 Å². The number of hydrogen-bond donors (Lipinski definition) is 0. The van der Waals surface area contributed by atoms with Crippen molar-refractivity contribution >= 4 is 17.9 Å². The van der Waals surface area contributed by atoms with Gasteiger partial charge in [0.25, 0.3) is 0 Å². The number of carboxylic acid groups (broad SMARTS) is 1. The number of quaternary nitrogens is 1. The molecule has 0 spiro atoms. The van der Waals surface area contributed by atoms with Crippen molar-refractivity contribution in [2.75, 3.05) is 47.5 Å². The van der Waals surface area contributed by atoms with Crippen molar-refractivity contribution in [2.24, 2.45) is 0 Å². The minimum atomic E-state index is -1.62. The minimum Gasteiger partial charge on any atom is -0.545 e. The van der Waals surface area contributed by atoms with Crippen molar-refractivity contribution in [1.82, 2.24) is 0 Å². The van der Waals surface area contributed by atoms with E-state index in [0.29, 0.717) is 23.9 Å². The third-order valence-electron chi connectivity index (χ3n) is 11.0. The summed E-state index contributed by atoms with van der Waals surface area (Å²) in [6, 6.07) is 0. The fourth-order valence-corrected chi connectivity index (χ4v) is 7.12. The van der Waals surface area contributed by atoms with Gasteiger partial charge in [0, 0.05) is 12.8 Å². The average Bonchev–Trinajstić information content (AvgIpc) is 3.19. The van der Waals surface area contributed by atoms with Gasteiger partial charge in [0.1, 0.15) is 13.2 Å². The lowest BCUT2D eigenvalue weighted by Gasteiger charge is -2.26. The molecule has 0 heterocycles. The molecule has 0 fully saturated rings. The SMILES string of the molecule is CCCCCCCC/C=C\CCCCCCCCCC(=O)OC(COC(=O)CCCCCCCCCCCCCCCCCCC)COC(OCC[N+](C)(C)C)C(=O)[O-]. The summed E-state index contributed by atoms with van der Waals surface area (Å²) >= 11 is 0. The van der Waals surface area contributed by atoms with Gasteiger partial charge in [0.2, 0.25) is 0 Å². The van der Waals surface area contributed by atoms with E-state index in [1.54, 1.807) is 0 Å². The third kappa shape index (κ3) is 43.9. The summed E-state index contributed by atoms with van der Waals surface area (Å²) in [5, 5.41) is 11.7. The molecule has 0 aliphatic rings. The first-order valence-electron chi connectivity index (χ1n) is 24.8. The van der Waals surface area contributed by atoms with Crippen molar-refractivity contribution < 1.29 is 42.9 Å². The van der Waals surface area contributed by atoms with Crippen LogP contribution in [0.2, 0.25) is 0 Å². The molecule has 0 bridgehead atoms. The minimum absolute atomic E-state index is 0.150. The zero-order valence-corrected chi connectivity index (χ0v) is 39.4. The van der Waals surface area contributed by atoms with E-state index in [9.17, 15) is 19.5 Å². The molecule has 9 heteroatoms. The average molecular weight is 838 g/mol. The molecule has 0 aliphatic carbocycles. The number of hydrogen-bond acceptors (Lipinski definition) is 8. The number of carbonyl (C=O) groups is 3. The quantitative estimate of drug-likeness (QED) is 0.0196. The van der Waals surface area contributed by atoms with Gasteiger partial charge in [-0.2, -0.15) is 0 Å². The van der Waals surface area contributed by atoms with Crippen molar-refractivity contribution in [3.05, 3.63) is 12.2 Å². The van der Waals surface area contributed by atoms with Gasteiger partial charge >= 0.3 is 11.9 Å². The zero-order valence-electron chi connectivity index (χ0n) is 39.4. The lowest BCUT2D eigenvalue weighted by atomic mass is 10.0. The predicted molar refractivity (Wildman–Crippen MR) is 242 cm³/mol. The van der Waals surface area contributed by atoms with Gasteiger partial charge < -0.3 is 33.3 Å². The Hall–Kier alpha value is -1.97. The lowest BCUT2D eigenvalue weighted by Crippen LogP contribution is -2.44. The number of esters is 2. The highest BCUT2D eigenvalue weighted by atomic mass is 16.7. The number of ether oxygens (including phenoxy) is 4. The van der Waals surface area contributed by atoms with Crippen LogP contribution >= 0.6 is 0 Å². The maximum absolute atomic E-state index is 12.8. The summed E-state index contributed by atoms with van der Waals surface area (Å²) in [6.07, 6.45) is 42.4. The summed E-state index contributed by atoms with van der Waals surface area (Å²) in [7, 11) is 5.92. The van der Waals surface area contributed by atoms with Crippen molar-refractivity contribution in [3.63, 3.8) is 0 Å². The summed E-state index contributed by atoms with van der Waals surface area (Å²) in [4.78, 5) is 37.1. The predicted octanol–water partition coefficient (Wildman–Crippen LogP) is 12.1. The first-order valence-corrected chi connectivity index (χ1v) is 24.8. The molecule has 0 saturated carbocycles. The molecule has 0 aliphatic heterocycles. The Bertz CT molecular complexity index is 980. The smallest absolute Gasteiger partial charge is 0.306 e. The first kappa shape index (κ1) is 57.0. The third-order valence-corrected chi connectivity index (χ3v) is 11.0. The molecule has 0 aromatic heterocycles. The standard InChI is InChI=1S/C50H95NO8/c1-6-8-10-12-14-16-18-20-22-24-26-28-30-32-34-36-38-40-47(52)57-44-46(45-58-50(49(54)55)56-43-42-51(3,4)5)59-48(53)41-39-37-35-33-31-29-27-25-23-21-19-17-15-13-11-9-7-2/h21,23,46,50H,6-20,22,24-45H2,1-5H3/b23-21-. The van der Waals surface area contributed by atoms with Gasteiger partial charge in [-0.1, -0.05) is 193 Å². The van der Waals surface area contributed by atoms with Crippen LogP contribution in [0.25, 0.3) is 0 Å². The summed E-state index contributed by atoms with van der Waals surface area (Å²) < 4.78 is 22.6. The number of carboxylic acids is 1. The fraction of sp³-hybridized carbons (Fsp3) is 0.900. The molecule has 2 atom stereocenters. The zero-order chi connectivity index (χ0) is 43.5. The number of allylic oxidation sites excluding steroid dienone is 2. The summed E-state index contributed by atoms with van der Waals surface area (Å²) in [6.45, 7) is 4.77. The van der Waals surface area contributed by atoms with E-state index in [1.165, 1.54) is 154 Å². The van der Waals surface area contributed by atoms with Crippen LogP contribution in [0, 0.1) is 0 Å². The van der Waals surface area contributed by atoms with E-state index in [1.807, 2.05) is 21.1 Å². The molecule has 0 N–H and O–H groups in total. The largest absolute Gasteiger partial charge is 0.545 e. The van der Waals surface area contributed by atoms with Crippen LogP contribution in [-0.2, 0) is 33.3 Å². The molecule has 0 aromatic rings. The Balaban J connectivity index is 4.35. The van der Waals surface area contributed by atoms with Crippen LogP contribution in [0.15, 0.2) is 12.2 Å². The Labute approximate surface area is 364 Å². The molecule has 0 rings (SSSR count). The Kier molecular flexibility index (Phi) is 41.3. The van der Waals surface area contributed by atoms with Crippen molar-refractivity contribution in [3.8, 4) is 0 Å². The van der Waals surface area contributed by atoms with E-state index in [4.69, 9.17) is 18.9 Å². The van der Waals surface area contributed by atoms with Crippen LogP contribution in [0.1, 0.15) is 232 Å².